The molecule has 1 atom stereocenters. The molecule has 0 saturated heterocycles. The lowest BCUT2D eigenvalue weighted by Gasteiger charge is -2.29. The van der Waals surface area contributed by atoms with Crippen LogP contribution in [0.5, 0.6) is 0 Å². The van der Waals surface area contributed by atoms with Gasteiger partial charge in [0.25, 0.3) is 0 Å². The van der Waals surface area contributed by atoms with E-state index in [0.717, 1.165) is 6.04 Å². The van der Waals surface area contributed by atoms with Crippen LogP contribution < -0.4 is 5.32 Å². The highest BCUT2D eigenvalue weighted by Crippen LogP contribution is 2.32. The molecule has 0 unspecified atom stereocenters. The molecule has 70 valence electrons. The molecule has 0 saturated carbocycles. The van der Waals surface area contributed by atoms with E-state index in [1.54, 1.807) is 5.57 Å². The van der Waals surface area contributed by atoms with Crippen molar-refractivity contribution in [3.05, 3.63) is 11.6 Å². The molecule has 12 heavy (non-hydrogen) atoms. The summed E-state index contributed by atoms with van der Waals surface area (Å²) in [4.78, 5) is 0. The Hall–Kier alpha value is -0.300. The Labute approximate surface area is 76.2 Å². The Morgan fingerprint density at radius 3 is 2.42 bits per heavy atom. The van der Waals surface area contributed by atoms with Gasteiger partial charge in [0.05, 0.1) is 0 Å². The summed E-state index contributed by atoms with van der Waals surface area (Å²) in [5.41, 5.74) is 2.02. The van der Waals surface area contributed by atoms with Crippen LogP contribution in [0, 0.1) is 5.41 Å². The molecule has 0 amide bonds. The van der Waals surface area contributed by atoms with E-state index in [-0.39, 0.29) is 0 Å². The van der Waals surface area contributed by atoms with Crippen molar-refractivity contribution >= 4 is 0 Å². The van der Waals surface area contributed by atoms with E-state index in [9.17, 15) is 0 Å². The average Bonchev–Trinajstić information content (AvgIpc) is 2.03. The molecular weight excluding hydrogens is 146 g/mol. The van der Waals surface area contributed by atoms with Crippen LogP contribution in [0.15, 0.2) is 11.6 Å². The first-order valence-corrected chi connectivity index (χ1v) is 4.91. The monoisotopic (exact) mass is 167 g/mol. The maximum atomic E-state index is 3.33. The van der Waals surface area contributed by atoms with Crippen LogP contribution in [0.1, 0.15) is 40.0 Å². The minimum Gasteiger partial charge on any atom is -0.317 e. The molecule has 0 radical (unpaired) electrons. The fraction of sp³-hybridized carbons (Fsp3) is 0.818. The summed E-state index contributed by atoms with van der Waals surface area (Å²) in [5, 5.41) is 3.33. The molecule has 0 heterocycles. The Morgan fingerprint density at radius 2 is 2.08 bits per heavy atom. The third kappa shape index (κ3) is 2.34. The summed E-state index contributed by atoms with van der Waals surface area (Å²) < 4.78 is 0. The van der Waals surface area contributed by atoms with Gasteiger partial charge in [0, 0.05) is 6.04 Å². The third-order valence-corrected chi connectivity index (χ3v) is 2.78. The van der Waals surface area contributed by atoms with Gasteiger partial charge in [-0.3, -0.25) is 0 Å². The van der Waals surface area contributed by atoms with E-state index >= 15 is 0 Å². The predicted octanol–water partition coefficient (Wildman–Crippen LogP) is 2.73. The van der Waals surface area contributed by atoms with Gasteiger partial charge >= 0.3 is 0 Å². The van der Waals surface area contributed by atoms with Crippen molar-refractivity contribution in [2.24, 2.45) is 5.41 Å². The largest absolute Gasteiger partial charge is 0.317 e. The van der Waals surface area contributed by atoms with Crippen LogP contribution >= 0.6 is 0 Å². The average molecular weight is 167 g/mol. The minimum absolute atomic E-state index is 0.388. The Bertz CT molecular complexity index is 174. The van der Waals surface area contributed by atoms with Gasteiger partial charge in [-0.2, -0.15) is 0 Å². The third-order valence-electron chi connectivity index (χ3n) is 2.78. The fourth-order valence-electron chi connectivity index (χ4n) is 1.78. The van der Waals surface area contributed by atoms with Crippen molar-refractivity contribution in [1.82, 2.24) is 5.32 Å². The van der Waals surface area contributed by atoms with E-state index < -0.39 is 0 Å². The van der Waals surface area contributed by atoms with Crippen molar-refractivity contribution in [3.63, 3.8) is 0 Å². The molecule has 0 bridgehead atoms. The maximum absolute atomic E-state index is 3.33. The van der Waals surface area contributed by atoms with Crippen molar-refractivity contribution < 1.29 is 0 Å². The van der Waals surface area contributed by atoms with Gasteiger partial charge in [0.2, 0.25) is 0 Å². The molecule has 1 heteroatoms. The number of hydrogen-bond donors (Lipinski definition) is 1. The highest BCUT2D eigenvalue weighted by Gasteiger charge is 2.21. The van der Waals surface area contributed by atoms with Crippen LogP contribution in [0.3, 0.4) is 0 Å². The second kappa shape index (κ2) is 3.61. The molecule has 1 nitrogen and oxygen atoms in total. The van der Waals surface area contributed by atoms with Crippen LogP contribution in [0.4, 0.5) is 0 Å². The van der Waals surface area contributed by atoms with Crippen LogP contribution in [0.25, 0.3) is 0 Å². The summed E-state index contributed by atoms with van der Waals surface area (Å²) >= 11 is 0. The highest BCUT2D eigenvalue weighted by atomic mass is 14.9. The number of allylic oxidation sites excluding steroid dienone is 1. The van der Waals surface area contributed by atoms with E-state index in [0.29, 0.717) is 5.41 Å². The fourth-order valence-corrected chi connectivity index (χ4v) is 1.78. The lowest BCUT2D eigenvalue weighted by Crippen LogP contribution is -2.28. The van der Waals surface area contributed by atoms with Gasteiger partial charge in [-0.1, -0.05) is 32.4 Å². The number of hydrogen-bond acceptors (Lipinski definition) is 1. The first kappa shape index (κ1) is 9.79. The lowest BCUT2D eigenvalue weighted by atomic mass is 9.79. The number of rotatable bonds is 1. The highest BCUT2D eigenvalue weighted by molar-refractivity contribution is 5.14. The van der Waals surface area contributed by atoms with Crippen LogP contribution in [-0.2, 0) is 0 Å². The van der Waals surface area contributed by atoms with Gasteiger partial charge < -0.3 is 5.32 Å². The molecule has 1 aliphatic rings. The molecule has 1 aliphatic carbocycles. The second-order valence-corrected chi connectivity index (χ2v) is 4.74. The summed E-state index contributed by atoms with van der Waals surface area (Å²) in [7, 11) is 2.06. The topological polar surface area (TPSA) is 12.0 Å². The van der Waals surface area contributed by atoms with Crippen molar-refractivity contribution in [2.75, 3.05) is 7.05 Å². The molecule has 1 rings (SSSR count). The quantitative estimate of drug-likeness (QED) is 0.592. The first-order chi connectivity index (χ1) is 5.54. The molecule has 0 spiro atoms. The van der Waals surface area contributed by atoms with Crippen LogP contribution in [-0.4, -0.2) is 13.1 Å². The van der Waals surface area contributed by atoms with Gasteiger partial charge in [0.15, 0.2) is 0 Å². The Balaban J connectivity index is 2.56. The van der Waals surface area contributed by atoms with Crippen molar-refractivity contribution in [1.29, 1.82) is 0 Å². The van der Waals surface area contributed by atoms with E-state index in [1.165, 1.54) is 19.3 Å². The van der Waals surface area contributed by atoms with Gasteiger partial charge in [-0.25, -0.2) is 0 Å². The standard InChI is InChI=1S/C11H21N/c1-11(2,3)9-5-7-10(12-4)8-6-9/h5,10,12H,6-8H2,1-4H3/t10-/m0/s1. The molecule has 0 fully saturated rings. The molecule has 0 aromatic heterocycles. The molecule has 1 N–H and O–H groups in total. The zero-order chi connectivity index (χ0) is 9.19. The zero-order valence-corrected chi connectivity index (χ0v) is 8.78. The minimum atomic E-state index is 0.388. The predicted molar refractivity (Wildman–Crippen MR) is 54.2 cm³/mol. The smallest absolute Gasteiger partial charge is 0.0102 e. The van der Waals surface area contributed by atoms with Crippen molar-refractivity contribution in [2.45, 2.75) is 46.1 Å². The second-order valence-electron chi connectivity index (χ2n) is 4.74. The van der Waals surface area contributed by atoms with E-state index in [2.05, 4.69) is 39.2 Å². The maximum Gasteiger partial charge on any atom is 0.0102 e. The van der Waals surface area contributed by atoms with E-state index in [4.69, 9.17) is 0 Å². The molecule has 0 aliphatic heterocycles. The van der Waals surface area contributed by atoms with Crippen molar-refractivity contribution in [3.8, 4) is 0 Å². The van der Waals surface area contributed by atoms with E-state index in [1.807, 2.05) is 0 Å². The Morgan fingerprint density at radius 1 is 1.42 bits per heavy atom. The molecule has 0 aromatic rings. The summed E-state index contributed by atoms with van der Waals surface area (Å²) in [6, 6.07) is 0.719. The first-order valence-electron chi connectivity index (χ1n) is 4.91. The summed E-state index contributed by atoms with van der Waals surface area (Å²) in [5.74, 6) is 0. The van der Waals surface area contributed by atoms with Crippen LogP contribution in [0.2, 0.25) is 0 Å². The molecular formula is C11H21N. The van der Waals surface area contributed by atoms with Gasteiger partial charge in [-0.15, -0.1) is 0 Å². The van der Waals surface area contributed by atoms with Gasteiger partial charge in [-0.05, 0) is 31.7 Å². The summed E-state index contributed by atoms with van der Waals surface area (Å²) in [6.07, 6.45) is 6.21. The zero-order valence-electron chi connectivity index (χ0n) is 8.78. The molecule has 0 aromatic carbocycles. The normalized spacial score (nSPS) is 25.3. The summed E-state index contributed by atoms with van der Waals surface area (Å²) in [6.45, 7) is 6.91. The van der Waals surface area contributed by atoms with Gasteiger partial charge in [0.1, 0.15) is 0 Å². The lowest BCUT2D eigenvalue weighted by molar-refractivity contribution is 0.424. The number of nitrogens with one attached hydrogen (secondary N) is 1. The Kier molecular flexibility index (Phi) is 2.94. The SMILES string of the molecule is CN[C@H]1CC=C(C(C)(C)C)CC1.